The molecule has 0 heterocycles. The number of carbonyl (C=O) groups excluding carboxylic acids is 2. The molecule has 0 aromatic rings. The van der Waals surface area contributed by atoms with Crippen LogP contribution in [0.15, 0.2) is 0 Å². The normalized spacial score (nSPS) is 22.5. The average Bonchev–Trinajstić information content (AvgIpc) is 2.05. The van der Waals surface area contributed by atoms with E-state index >= 15 is 0 Å². The number of nitrogens with two attached hydrogens (primary N) is 2. The second kappa shape index (κ2) is 8.82. The predicted octanol–water partition coefficient (Wildman–Crippen LogP) is -3.59. The van der Waals surface area contributed by atoms with Crippen LogP contribution in [0.1, 0.15) is 12.8 Å². The Balaban J connectivity index is 0. The Kier molecular flexibility index (Phi) is 9.98. The van der Waals surface area contributed by atoms with E-state index in [-0.39, 0.29) is 21.1 Å². The molecule has 4 N–H and O–H groups in total. The zero-order chi connectivity index (χ0) is 11.1. The van der Waals surface area contributed by atoms with E-state index in [4.69, 9.17) is 31.3 Å². The van der Waals surface area contributed by atoms with Gasteiger partial charge in [0.1, 0.15) is 0 Å². The van der Waals surface area contributed by atoms with Gasteiger partial charge in [-0.25, -0.2) is 0 Å². The number of hydrogen-bond acceptors (Lipinski definition) is 6. The molecule has 0 spiro atoms. The molecule has 90 valence electrons. The van der Waals surface area contributed by atoms with E-state index in [1.54, 1.807) is 0 Å². The molecule has 0 radical (unpaired) electrons. The zero-order valence-electron chi connectivity index (χ0n) is 8.09. The van der Waals surface area contributed by atoms with Crippen molar-refractivity contribution in [2.24, 2.45) is 23.3 Å². The molecule has 0 aromatic carbocycles. The van der Waals surface area contributed by atoms with Gasteiger partial charge in [0.05, 0.1) is 11.9 Å². The molecule has 6 nitrogen and oxygen atoms in total. The molecule has 1 rings (SSSR count). The van der Waals surface area contributed by atoms with Crippen LogP contribution >= 0.6 is 0 Å². The fraction of sp³-hybridized carbons (Fsp3) is 0.750. The van der Waals surface area contributed by atoms with Crippen LogP contribution in [0.3, 0.4) is 0 Å². The van der Waals surface area contributed by atoms with Gasteiger partial charge in [-0.05, 0) is 37.8 Å². The van der Waals surface area contributed by atoms with Gasteiger partial charge < -0.3 is 31.3 Å². The van der Waals surface area contributed by atoms with Crippen LogP contribution in [0, 0.1) is 11.8 Å². The maximum Gasteiger partial charge on any atom is 2.00 e. The summed E-state index contributed by atoms with van der Waals surface area (Å²) < 4.78 is 0. The number of carboxylic acids is 2. The number of aliphatic carboxylic acids is 2. The molecular weight excluding hydrogens is 383 g/mol. The van der Waals surface area contributed by atoms with Gasteiger partial charge in [-0.2, -0.15) is 0 Å². The fourth-order valence-corrected chi connectivity index (χ4v) is 1.26. The maximum atomic E-state index is 8.93. The molecule has 1 fully saturated rings. The van der Waals surface area contributed by atoms with Crippen LogP contribution < -0.4 is 21.7 Å². The van der Waals surface area contributed by atoms with Crippen molar-refractivity contribution in [1.82, 2.24) is 0 Å². The molecule has 0 aliphatic heterocycles. The fourth-order valence-electron chi connectivity index (χ4n) is 1.26. The van der Waals surface area contributed by atoms with E-state index in [0.717, 1.165) is 24.9 Å². The molecule has 7 heteroatoms. The maximum absolute atomic E-state index is 8.93. The van der Waals surface area contributed by atoms with E-state index in [9.17, 15) is 0 Å². The van der Waals surface area contributed by atoms with Crippen LogP contribution in [-0.4, -0.2) is 25.0 Å². The van der Waals surface area contributed by atoms with Crippen molar-refractivity contribution in [3.8, 4) is 0 Å². The van der Waals surface area contributed by atoms with E-state index in [0.29, 0.717) is 0 Å². The monoisotopic (exact) mass is 397 g/mol. The molecule has 15 heavy (non-hydrogen) atoms. The van der Waals surface area contributed by atoms with Crippen molar-refractivity contribution in [3.05, 3.63) is 0 Å². The smallest absolute Gasteiger partial charge is 0.543 e. The van der Waals surface area contributed by atoms with Crippen molar-refractivity contribution in [2.45, 2.75) is 12.8 Å². The van der Waals surface area contributed by atoms with Gasteiger partial charge in [0.25, 0.3) is 0 Å². The van der Waals surface area contributed by atoms with E-state index < -0.39 is 11.9 Å². The number of hydrogen-bond donors (Lipinski definition) is 2. The van der Waals surface area contributed by atoms with Crippen LogP contribution in [0.2, 0.25) is 0 Å². The van der Waals surface area contributed by atoms with Gasteiger partial charge in [-0.3, -0.25) is 0 Å². The summed E-state index contributed by atoms with van der Waals surface area (Å²) in [6.45, 7) is 1.67. The van der Waals surface area contributed by atoms with Crippen LogP contribution in [0.5, 0.6) is 0 Å². The Morgan fingerprint density at radius 2 is 1.27 bits per heavy atom. The van der Waals surface area contributed by atoms with E-state index in [1.165, 1.54) is 12.8 Å². The Hall–Kier alpha value is -0.452. The summed E-state index contributed by atoms with van der Waals surface area (Å²) in [5.41, 5.74) is 10.9. The summed E-state index contributed by atoms with van der Waals surface area (Å²) in [6.07, 6.45) is 2.61. The minimum Gasteiger partial charge on any atom is -0.543 e. The molecule has 0 saturated heterocycles. The second-order valence-corrected chi connectivity index (χ2v) is 3.14. The predicted molar refractivity (Wildman–Crippen MR) is 44.3 cm³/mol. The molecule has 2 atom stereocenters. The average molecular weight is 397 g/mol. The van der Waals surface area contributed by atoms with Crippen LogP contribution in [0.25, 0.3) is 0 Å². The summed E-state index contributed by atoms with van der Waals surface area (Å²) in [4.78, 5) is 17.9. The molecular formula is C8H14N2O4Pt. The summed E-state index contributed by atoms with van der Waals surface area (Å²) >= 11 is 0. The molecule has 1 saturated carbocycles. The first kappa shape index (κ1) is 17.0. The first-order valence-corrected chi connectivity index (χ1v) is 4.35. The first-order valence-electron chi connectivity index (χ1n) is 4.35. The molecule has 1 aliphatic rings. The van der Waals surface area contributed by atoms with Crippen LogP contribution in [-0.2, 0) is 30.7 Å². The SMILES string of the molecule is NCC1CCC1CN.O=C([O-])C(=O)[O-].[Pt+2]. The minimum atomic E-state index is -2.19. The van der Waals surface area contributed by atoms with Gasteiger partial charge in [-0.1, -0.05) is 0 Å². The summed E-state index contributed by atoms with van der Waals surface area (Å²) in [5.74, 6) is -2.87. The van der Waals surface area contributed by atoms with Crippen molar-refractivity contribution in [3.63, 3.8) is 0 Å². The molecule has 2 unspecified atom stereocenters. The summed E-state index contributed by atoms with van der Waals surface area (Å²) in [7, 11) is 0. The third kappa shape index (κ3) is 6.60. The third-order valence-corrected chi connectivity index (χ3v) is 2.35. The van der Waals surface area contributed by atoms with Gasteiger partial charge in [-0.15, -0.1) is 0 Å². The first-order chi connectivity index (χ1) is 6.52. The number of rotatable bonds is 2. The van der Waals surface area contributed by atoms with Crippen molar-refractivity contribution >= 4 is 11.9 Å². The molecule has 0 aromatic heterocycles. The van der Waals surface area contributed by atoms with Gasteiger partial charge >= 0.3 is 21.1 Å². The van der Waals surface area contributed by atoms with Gasteiger partial charge in [0.2, 0.25) is 0 Å². The van der Waals surface area contributed by atoms with Crippen molar-refractivity contribution in [1.29, 1.82) is 0 Å². The standard InChI is InChI=1S/C6H14N2.C2H2O4.Pt/c7-3-5-1-2-6(5)4-8;3-1(4)2(5)6;/h5-6H,1-4,7-8H2;(H,3,4)(H,5,6);/q;;+2/p-2. The van der Waals surface area contributed by atoms with Crippen LogP contribution in [0.4, 0.5) is 0 Å². The Bertz CT molecular complexity index is 187. The van der Waals surface area contributed by atoms with E-state index in [1.807, 2.05) is 0 Å². The van der Waals surface area contributed by atoms with Gasteiger partial charge in [0, 0.05) is 0 Å². The third-order valence-electron chi connectivity index (χ3n) is 2.35. The second-order valence-electron chi connectivity index (χ2n) is 3.14. The molecule has 0 amide bonds. The number of carboxylic acid groups (broad SMARTS) is 2. The topological polar surface area (TPSA) is 132 Å². The van der Waals surface area contributed by atoms with Crippen molar-refractivity contribution in [2.75, 3.05) is 13.1 Å². The summed E-state index contributed by atoms with van der Waals surface area (Å²) in [5, 5.41) is 17.9. The Labute approximate surface area is 102 Å². The summed E-state index contributed by atoms with van der Waals surface area (Å²) in [6, 6.07) is 0. The Morgan fingerprint density at radius 1 is 1.00 bits per heavy atom. The molecule has 0 bridgehead atoms. The van der Waals surface area contributed by atoms with E-state index in [2.05, 4.69) is 0 Å². The van der Waals surface area contributed by atoms with Crippen molar-refractivity contribution < 1.29 is 40.9 Å². The Morgan fingerprint density at radius 3 is 1.33 bits per heavy atom. The molecule has 1 aliphatic carbocycles. The number of carbonyl (C=O) groups is 2. The minimum absolute atomic E-state index is 0. The quantitative estimate of drug-likeness (QED) is 0.463. The zero-order valence-corrected chi connectivity index (χ0v) is 10.4. The largest absolute Gasteiger partial charge is 2.00 e. The van der Waals surface area contributed by atoms with Gasteiger partial charge in [0.15, 0.2) is 0 Å².